The first-order valence-electron chi connectivity index (χ1n) is 11.6. The van der Waals surface area contributed by atoms with E-state index < -0.39 is 11.9 Å². The van der Waals surface area contributed by atoms with Crippen LogP contribution in [0.25, 0.3) is 11.1 Å². The largest absolute Gasteiger partial charge is 0.423 e. The Balaban J connectivity index is 1.73. The molecule has 0 atom stereocenters. The predicted molar refractivity (Wildman–Crippen MR) is 136 cm³/mol. The maximum absolute atomic E-state index is 15.1. The first-order valence-corrected chi connectivity index (χ1v) is 11.6. The van der Waals surface area contributed by atoms with E-state index in [0.717, 1.165) is 48.1 Å². The average molecular weight is 473 g/mol. The van der Waals surface area contributed by atoms with E-state index in [1.54, 1.807) is 24.3 Å². The summed E-state index contributed by atoms with van der Waals surface area (Å²) in [4.78, 5) is 23.1. The molecule has 0 saturated heterocycles. The zero-order valence-corrected chi connectivity index (χ0v) is 19.9. The van der Waals surface area contributed by atoms with E-state index in [-0.39, 0.29) is 5.82 Å². The summed E-state index contributed by atoms with van der Waals surface area (Å²) in [7, 11) is 0. The number of benzene rings is 3. The number of hydrogen-bond donors (Lipinski definition) is 0. The zero-order valence-electron chi connectivity index (χ0n) is 19.9. The second kappa shape index (κ2) is 12.5. The van der Waals surface area contributed by atoms with Crippen molar-refractivity contribution in [3.63, 3.8) is 0 Å². The molecule has 0 amide bonds. The molecule has 3 aromatic carbocycles. The summed E-state index contributed by atoms with van der Waals surface area (Å²) in [5, 5.41) is 0. The highest BCUT2D eigenvalue weighted by atomic mass is 19.1. The third-order valence-electron chi connectivity index (χ3n) is 5.60. The van der Waals surface area contributed by atoms with Crippen LogP contribution in [0.15, 0.2) is 86.0 Å². The maximum atomic E-state index is 15.1. The number of unbranched alkanes of at least 4 members (excludes halogenated alkanes) is 1. The van der Waals surface area contributed by atoms with Gasteiger partial charge in [-0.3, -0.25) is 0 Å². The van der Waals surface area contributed by atoms with Gasteiger partial charge in [0.05, 0.1) is 0 Å². The molecular weight excluding hydrogens is 443 g/mol. The topological polar surface area (TPSA) is 52.6 Å². The summed E-state index contributed by atoms with van der Waals surface area (Å²) in [5.41, 5.74) is 3.91. The fraction of sp³-hybridized carbons (Fsp3) is 0.200. The van der Waals surface area contributed by atoms with E-state index in [1.165, 1.54) is 6.07 Å². The van der Waals surface area contributed by atoms with Crippen molar-refractivity contribution in [3.05, 3.63) is 108 Å². The Bertz CT molecular complexity index is 1210. The molecule has 4 nitrogen and oxygen atoms in total. The van der Waals surface area contributed by atoms with Gasteiger partial charge in [-0.2, -0.15) is 0 Å². The quantitative estimate of drug-likeness (QED) is 0.175. The molecule has 0 aliphatic carbocycles. The Hall–Kier alpha value is -3.99. The lowest BCUT2D eigenvalue weighted by Crippen LogP contribution is -2.06. The van der Waals surface area contributed by atoms with E-state index in [2.05, 4.69) is 20.1 Å². The molecule has 0 N–H and O–H groups in total. The fourth-order valence-electron chi connectivity index (χ4n) is 3.66. The van der Waals surface area contributed by atoms with E-state index in [4.69, 9.17) is 9.47 Å². The van der Waals surface area contributed by atoms with Gasteiger partial charge in [0.1, 0.15) is 17.3 Å². The summed E-state index contributed by atoms with van der Waals surface area (Å²) in [5.74, 6) is -0.492. The molecule has 0 unspecified atom stereocenters. The van der Waals surface area contributed by atoms with Crippen molar-refractivity contribution in [1.82, 2.24) is 0 Å². The van der Waals surface area contributed by atoms with Crippen LogP contribution in [0.2, 0.25) is 0 Å². The Labute approximate surface area is 205 Å². The van der Waals surface area contributed by atoms with Gasteiger partial charge in [-0.05, 0) is 72.2 Å². The van der Waals surface area contributed by atoms with Gasteiger partial charge >= 0.3 is 11.9 Å². The van der Waals surface area contributed by atoms with Crippen molar-refractivity contribution >= 4 is 11.9 Å². The SMILES string of the molecule is C=CC(=O)Oc1ccc(CCc2ccc(-c3ccc(CCCC)c(OC(=O)C=C)c3)c(F)c2)cc1. The minimum atomic E-state index is -0.539. The molecule has 0 aliphatic rings. The number of carbonyl (C=O) groups is 2. The number of aryl methyl sites for hydroxylation is 3. The van der Waals surface area contributed by atoms with Gasteiger partial charge in [-0.1, -0.05) is 62.9 Å². The molecule has 3 rings (SSSR count). The minimum absolute atomic E-state index is 0.337. The van der Waals surface area contributed by atoms with Crippen LogP contribution in [0.1, 0.15) is 36.5 Å². The first kappa shape index (κ1) is 25.6. The molecule has 0 heterocycles. The standard InChI is InChI=1S/C30H29FO4/c1-4-7-8-23-14-15-24(20-28(23)35-30(33)6-3)26-18-13-22(19-27(26)31)10-9-21-11-16-25(17-12-21)34-29(32)5-2/h5-6,11-20H,2-4,7-10H2,1H3. The number of ether oxygens (including phenoxy) is 2. The molecular formula is C30H29FO4. The maximum Gasteiger partial charge on any atom is 0.335 e. The lowest BCUT2D eigenvalue weighted by atomic mass is 9.97. The average Bonchev–Trinajstić information content (AvgIpc) is 2.87. The monoisotopic (exact) mass is 472 g/mol. The van der Waals surface area contributed by atoms with Crippen LogP contribution in [0, 0.1) is 5.82 Å². The zero-order chi connectivity index (χ0) is 25.2. The second-order valence-corrected chi connectivity index (χ2v) is 8.13. The number of carbonyl (C=O) groups excluding carboxylic acids is 2. The third kappa shape index (κ3) is 7.24. The molecule has 0 fully saturated rings. The van der Waals surface area contributed by atoms with Crippen molar-refractivity contribution in [2.75, 3.05) is 0 Å². The smallest absolute Gasteiger partial charge is 0.335 e. The number of hydrogen-bond acceptors (Lipinski definition) is 4. The summed E-state index contributed by atoms with van der Waals surface area (Å²) in [6.07, 6.45) is 6.34. The summed E-state index contributed by atoms with van der Waals surface area (Å²) >= 11 is 0. The molecule has 5 heteroatoms. The van der Waals surface area contributed by atoms with Crippen molar-refractivity contribution in [1.29, 1.82) is 0 Å². The first-order chi connectivity index (χ1) is 16.9. The van der Waals surface area contributed by atoms with Crippen molar-refractivity contribution < 1.29 is 23.5 Å². The Morgan fingerprint density at radius 2 is 1.49 bits per heavy atom. The second-order valence-electron chi connectivity index (χ2n) is 8.13. The van der Waals surface area contributed by atoms with Gasteiger partial charge in [0, 0.05) is 17.7 Å². The molecule has 0 aliphatic heterocycles. The van der Waals surface area contributed by atoms with E-state index in [1.807, 2.05) is 30.3 Å². The highest BCUT2D eigenvalue weighted by molar-refractivity contribution is 5.84. The molecule has 180 valence electrons. The number of halogens is 1. The Kier molecular flexibility index (Phi) is 9.13. The van der Waals surface area contributed by atoms with Crippen LogP contribution in [-0.4, -0.2) is 11.9 Å². The van der Waals surface area contributed by atoms with Gasteiger partial charge in [0.15, 0.2) is 0 Å². The van der Waals surface area contributed by atoms with E-state index >= 15 is 4.39 Å². The fourth-order valence-corrected chi connectivity index (χ4v) is 3.66. The molecule has 3 aromatic rings. The molecule has 0 spiro atoms. The third-order valence-corrected chi connectivity index (χ3v) is 5.60. The minimum Gasteiger partial charge on any atom is -0.423 e. The molecule has 0 radical (unpaired) electrons. The Morgan fingerprint density at radius 1 is 0.829 bits per heavy atom. The normalized spacial score (nSPS) is 10.5. The summed E-state index contributed by atoms with van der Waals surface area (Å²) in [6.45, 7) is 8.92. The summed E-state index contributed by atoms with van der Waals surface area (Å²) < 4.78 is 25.6. The van der Waals surface area contributed by atoms with Crippen molar-refractivity contribution in [2.45, 2.75) is 39.0 Å². The highest BCUT2D eigenvalue weighted by Gasteiger charge is 2.13. The van der Waals surface area contributed by atoms with Gasteiger partial charge in [0.2, 0.25) is 0 Å². The van der Waals surface area contributed by atoms with E-state index in [0.29, 0.717) is 35.5 Å². The van der Waals surface area contributed by atoms with E-state index in [9.17, 15) is 9.59 Å². The van der Waals surface area contributed by atoms with Gasteiger partial charge in [-0.15, -0.1) is 0 Å². The van der Waals surface area contributed by atoms with Gasteiger partial charge < -0.3 is 9.47 Å². The lowest BCUT2D eigenvalue weighted by molar-refractivity contribution is -0.129. The molecule has 0 saturated carbocycles. The van der Waals surface area contributed by atoms with Gasteiger partial charge in [0.25, 0.3) is 0 Å². The molecule has 0 bridgehead atoms. The molecule has 35 heavy (non-hydrogen) atoms. The molecule has 0 aromatic heterocycles. The predicted octanol–water partition coefficient (Wildman–Crippen LogP) is 6.80. The lowest BCUT2D eigenvalue weighted by Gasteiger charge is -2.12. The van der Waals surface area contributed by atoms with Crippen LogP contribution in [0.3, 0.4) is 0 Å². The van der Waals surface area contributed by atoms with Crippen LogP contribution in [0.4, 0.5) is 4.39 Å². The van der Waals surface area contributed by atoms with Crippen molar-refractivity contribution in [2.24, 2.45) is 0 Å². The Morgan fingerprint density at radius 3 is 2.14 bits per heavy atom. The number of rotatable bonds is 11. The summed E-state index contributed by atoms with van der Waals surface area (Å²) in [6, 6.07) is 17.9. The van der Waals surface area contributed by atoms with Crippen LogP contribution < -0.4 is 9.47 Å². The van der Waals surface area contributed by atoms with Crippen LogP contribution in [-0.2, 0) is 28.9 Å². The van der Waals surface area contributed by atoms with Crippen LogP contribution >= 0.6 is 0 Å². The number of esters is 2. The van der Waals surface area contributed by atoms with Gasteiger partial charge in [-0.25, -0.2) is 14.0 Å². The highest BCUT2D eigenvalue weighted by Crippen LogP contribution is 2.31. The van der Waals surface area contributed by atoms with Crippen molar-refractivity contribution in [3.8, 4) is 22.6 Å². The van der Waals surface area contributed by atoms with Crippen LogP contribution in [0.5, 0.6) is 11.5 Å².